The minimum Gasteiger partial charge on any atom is -0.357 e. The summed E-state index contributed by atoms with van der Waals surface area (Å²) in [6, 6.07) is 0.489. The molecule has 1 heterocycles. The van der Waals surface area contributed by atoms with E-state index < -0.39 is 0 Å². The minimum absolute atomic E-state index is 0.489. The fourth-order valence-electron chi connectivity index (χ4n) is 1.54. The first kappa shape index (κ1) is 10.4. The number of aromatic nitrogens is 2. The van der Waals surface area contributed by atoms with Gasteiger partial charge in [-0.1, -0.05) is 38.0 Å². The molecule has 1 atom stereocenters. The third-order valence-corrected chi connectivity index (χ3v) is 3.09. The van der Waals surface area contributed by atoms with Gasteiger partial charge in [-0.15, -0.1) is 10.2 Å². The van der Waals surface area contributed by atoms with E-state index in [0.717, 1.165) is 11.0 Å². The van der Waals surface area contributed by atoms with Crippen LogP contribution in [0, 0.1) is 5.92 Å². The molecule has 0 aliphatic heterocycles. The first-order chi connectivity index (χ1) is 6.27. The monoisotopic (exact) mass is 199 g/mol. The van der Waals surface area contributed by atoms with Gasteiger partial charge in [0, 0.05) is 6.04 Å². The zero-order valence-corrected chi connectivity index (χ0v) is 9.27. The normalized spacial score (nSPS) is 13.2. The molecule has 0 fully saturated rings. The highest BCUT2D eigenvalue weighted by molar-refractivity contribution is 7.13. The number of hydrogen-bond donors (Lipinski definition) is 1. The van der Waals surface area contributed by atoms with Crippen molar-refractivity contribution in [1.29, 1.82) is 0 Å². The summed E-state index contributed by atoms with van der Waals surface area (Å²) >= 11 is 1.56. The van der Waals surface area contributed by atoms with Crippen LogP contribution >= 0.6 is 11.3 Å². The van der Waals surface area contributed by atoms with Crippen molar-refractivity contribution >= 4 is 16.5 Å². The standard InChI is InChI=1S/C9H17N3S/c1-4-8(5-2)7(3)11-9-12-10-6-13-9/h6-8H,4-5H2,1-3H3,(H,11,12). The fraction of sp³-hybridized carbons (Fsp3) is 0.778. The van der Waals surface area contributed by atoms with Crippen LogP contribution in [0.2, 0.25) is 0 Å². The van der Waals surface area contributed by atoms with Crippen LogP contribution in [-0.4, -0.2) is 16.2 Å². The summed E-state index contributed by atoms with van der Waals surface area (Å²) in [6.45, 7) is 6.66. The second-order valence-corrected chi connectivity index (χ2v) is 4.09. The molecule has 1 unspecified atom stereocenters. The maximum Gasteiger partial charge on any atom is 0.205 e. The highest BCUT2D eigenvalue weighted by atomic mass is 32.1. The molecule has 0 bridgehead atoms. The van der Waals surface area contributed by atoms with Gasteiger partial charge in [0.2, 0.25) is 5.13 Å². The molecule has 0 spiro atoms. The summed E-state index contributed by atoms with van der Waals surface area (Å²) in [5.41, 5.74) is 1.75. The lowest BCUT2D eigenvalue weighted by molar-refractivity contribution is 0.437. The summed E-state index contributed by atoms with van der Waals surface area (Å²) in [6.07, 6.45) is 2.42. The summed E-state index contributed by atoms with van der Waals surface area (Å²) in [7, 11) is 0. The molecule has 1 rings (SSSR count). The van der Waals surface area contributed by atoms with E-state index in [1.54, 1.807) is 16.8 Å². The highest BCUT2D eigenvalue weighted by Crippen LogP contribution is 2.18. The van der Waals surface area contributed by atoms with Gasteiger partial charge in [0.25, 0.3) is 0 Å². The van der Waals surface area contributed by atoms with Gasteiger partial charge in [-0.05, 0) is 12.8 Å². The Bertz CT molecular complexity index is 219. The maximum atomic E-state index is 3.96. The van der Waals surface area contributed by atoms with Crippen molar-refractivity contribution < 1.29 is 0 Å². The van der Waals surface area contributed by atoms with E-state index in [4.69, 9.17) is 0 Å². The molecule has 4 heteroatoms. The van der Waals surface area contributed by atoms with Crippen molar-refractivity contribution in [2.24, 2.45) is 5.92 Å². The Hall–Kier alpha value is -0.640. The largest absolute Gasteiger partial charge is 0.357 e. The highest BCUT2D eigenvalue weighted by Gasteiger charge is 2.13. The van der Waals surface area contributed by atoms with Gasteiger partial charge in [-0.3, -0.25) is 0 Å². The van der Waals surface area contributed by atoms with Gasteiger partial charge in [-0.25, -0.2) is 0 Å². The van der Waals surface area contributed by atoms with E-state index in [2.05, 4.69) is 36.3 Å². The van der Waals surface area contributed by atoms with Crippen LogP contribution < -0.4 is 5.32 Å². The van der Waals surface area contributed by atoms with Crippen LogP contribution in [-0.2, 0) is 0 Å². The Balaban J connectivity index is 2.44. The molecule has 0 saturated heterocycles. The van der Waals surface area contributed by atoms with Crippen LogP contribution in [0.15, 0.2) is 5.51 Å². The Morgan fingerprint density at radius 3 is 2.62 bits per heavy atom. The van der Waals surface area contributed by atoms with Gasteiger partial charge >= 0.3 is 0 Å². The predicted molar refractivity (Wildman–Crippen MR) is 57.1 cm³/mol. The second kappa shape index (κ2) is 5.17. The lowest BCUT2D eigenvalue weighted by Gasteiger charge is -2.21. The molecule has 0 saturated carbocycles. The van der Waals surface area contributed by atoms with Gasteiger partial charge in [0.15, 0.2) is 0 Å². The molecule has 0 radical (unpaired) electrons. The number of nitrogens with one attached hydrogen (secondary N) is 1. The molecule has 3 nitrogen and oxygen atoms in total. The van der Waals surface area contributed by atoms with Crippen LogP contribution in [0.4, 0.5) is 5.13 Å². The average molecular weight is 199 g/mol. The molecular formula is C9H17N3S. The molecule has 0 aromatic carbocycles. The minimum atomic E-state index is 0.489. The molecule has 0 aliphatic carbocycles. The van der Waals surface area contributed by atoms with Gasteiger partial charge in [-0.2, -0.15) is 0 Å². The van der Waals surface area contributed by atoms with Crippen molar-refractivity contribution in [2.45, 2.75) is 39.7 Å². The van der Waals surface area contributed by atoms with Crippen molar-refractivity contribution in [1.82, 2.24) is 10.2 Å². The molecule has 1 aromatic heterocycles. The molecule has 13 heavy (non-hydrogen) atoms. The first-order valence-corrected chi connectivity index (χ1v) is 5.68. The summed E-state index contributed by atoms with van der Waals surface area (Å²) in [4.78, 5) is 0. The topological polar surface area (TPSA) is 37.8 Å². The molecule has 74 valence electrons. The van der Waals surface area contributed by atoms with E-state index in [1.807, 2.05) is 0 Å². The lowest BCUT2D eigenvalue weighted by atomic mass is 9.96. The van der Waals surface area contributed by atoms with Crippen molar-refractivity contribution in [2.75, 3.05) is 5.32 Å². The average Bonchev–Trinajstić information content (AvgIpc) is 2.59. The van der Waals surface area contributed by atoms with E-state index >= 15 is 0 Å². The SMILES string of the molecule is CCC(CC)C(C)Nc1nncs1. The second-order valence-electron chi connectivity index (χ2n) is 3.25. The zero-order valence-electron chi connectivity index (χ0n) is 8.45. The van der Waals surface area contributed by atoms with Gasteiger partial charge < -0.3 is 5.32 Å². The van der Waals surface area contributed by atoms with Crippen LogP contribution in [0.25, 0.3) is 0 Å². The third kappa shape index (κ3) is 2.95. The van der Waals surface area contributed by atoms with Crippen LogP contribution in [0.5, 0.6) is 0 Å². The van der Waals surface area contributed by atoms with E-state index in [1.165, 1.54) is 12.8 Å². The predicted octanol–water partition coefficient (Wildman–Crippen LogP) is 2.77. The number of rotatable bonds is 5. The zero-order chi connectivity index (χ0) is 9.68. The van der Waals surface area contributed by atoms with Crippen molar-refractivity contribution in [3.8, 4) is 0 Å². The van der Waals surface area contributed by atoms with E-state index in [9.17, 15) is 0 Å². The van der Waals surface area contributed by atoms with Gasteiger partial charge in [0.05, 0.1) is 0 Å². The first-order valence-electron chi connectivity index (χ1n) is 4.80. The van der Waals surface area contributed by atoms with E-state index in [-0.39, 0.29) is 0 Å². The summed E-state index contributed by atoms with van der Waals surface area (Å²) in [5.74, 6) is 0.726. The third-order valence-electron chi connectivity index (χ3n) is 2.47. The number of anilines is 1. The number of nitrogens with zero attached hydrogens (tertiary/aromatic N) is 2. The van der Waals surface area contributed by atoms with Gasteiger partial charge in [0.1, 0.15) is 5.51 Å². The van der Waals surface area contributed by atoms with Crippen molar-refractivity contribution in [3.05, 3.63) is 5.51 Å². The van der Waals surface area contributed by atoms with Crippen molar-refractivity contribution in [3.63, 3.8) is 0 Å². The Morgan fingerprint density at radius 1 is 1.46 bits per heavy atom. The number of hydrogen-bond acceptors (Lipinski definition) is 4. The smallest absolute Gasteiger partial charge is 0.205 e. The quantitative estimate of drug-likeness (QED) is 0.792. The van der Waals surface area contributed by atoms with Crippen LogP contribution in [0.3, 0.4) is 0 Å². The molecular weight excluding hydrogens is 182 g/mol. The molecule has 0 aliphatic rings. The maximum absolute atomic E-state index is 3.96. The van der Waals surface area contributed by atoms with E-state index in [0.29, 0.717) is 6.04 Å². The Kier molecular flexibility index (Phi) is 4.15. The molecule has 0 amide bonds. The lowest BCUT2D eigenvalue weighted by Crippen LogP contribution is -2.24. The Labute approximate surface area is 83.6 Å². The summed E-state index contributed by atoms with van der Waals surface area (Å²) in [5, 5.41) is 12.1. The molecule has 1 N–H and O–H groups in total. The fourth-order valence-corrected chi connectivity index (χ4v) is 2.09. The summed E-state index contributed by atoms with van der Waals surface area (Å²) < 4.78 is 0. The molecule has 1 aromatic rings. The Morgan fingerprint density at radius 2 is 2.15 bits per heavy atom. The van der Waals surface area contributed by atoms with Crippen LogP contribution in [0.1, 0.15) is 33.6 Å².